The van der Waals surface area contributed by atoms with Crippen molar-refractivity contribution in [1.29, 1.82) is 0 Å². The first-order valence-corrected chi connectivity index (χ1v) is 10.1. The molecule has 0 aliphatic rings. The van der Waals surface area contributed by atoms with E-state index < -0.39 is 30.1 Å². The zero-order chi connectivity index (χ0) is 21.0. The first-order valence-electron chi connectivity index (χ1n) is 8.94. The van der Waals surface area contributed by atoms with E-state index in [1.807, 2.05) is 30.3 Å². The summed E-state index contributed by atoms with van der Waals surface area (Å²) in [4.78, 5) is 23.5. The number of aliphatic hydroxyl groups is 1. The van der Waals surface area contributed by atoms with Gasteiger partial charge in [0.1, 0.15) is 12.2 Å². The maximum absolute atomic E-state index is 11.9. The summed E-state index contributed by atoms with van der Waals surface area (Å²) in [6, 6.07) is 8.76. The number of nitrogens with one attached hydrogen (secondary N) is 2. The second-order valence-electron chi connectivity index (χ2n) is 6.94. The number of alkyl carbamates (subject to hydrolysis) is 2. The molecule has 0 heterocycles. The van der Waals surface area contributed by atoms with Crippen molar-refractivity contribution < 1.29 is 28.9 Å². The molecule has 2 amide bonds. The van der Waals surface area contributed by atoms with E-state index in [1.165, 1.54) is 18.9 Å². The molecule has 28 heavy (non-hydrogen) atoms. The van der Waals surface area contributed by atoms with Crippen LogP contribution in [-0.4, -0.2) is 60.4 Å². The topological polar surface area (TPSA) is 106 Å². The van der Waals surface area contributed by atoms with E-state index in [-0.39, 0.29) is 6.61 Å². The van der Waals surface area contributed by atoms with Crippen LogP contribution in [0.2, 0.25) is 0 Å². The third-order valence-corrected chi connectivity index (χ3v) is 4.40. The summed E-state index contributed by atoms with van der Waals surface area (Å²) in [5.41, 5.74) is 0.278. The van der Waals surface area contributed by atoms with Crippen LogP contribution in [0.3, 0.4) is 0 Å². The minimum Gasteiger partial charge on any atom is -0.445 e. The largest absolute Gasteiger partial charge is 0.445 e. The monoisotopic (exact) mass is 414 g/mol. The summed E-state index contributed by atoms with van der Waals surface area (Å²) in [7, 11) is 1.35. The second-order valence-corrected chi connectivity index (χ2v) is 8.09. The number of rotatable bonds is 10. The average molecular weight is 415 g/mol. The lowest BCUT2D eigenvalue weighted by atomic mass is 10.2. The molecule has 0 aliphatic carbocycles. The van der Waals surface area contributed by atoms with Gasteiger partial charge < -0.3 is 30.0 Å². The Balaban J connectivity index is 2.26. The van der Waals surface area contributed by atoms with Gasteiger partial charge in [0.05, 0.1) is 6.04 Å². The standard InChI is InChI=1S/C19H30N2O6S/c1-19(2,3)27-18(24)21-15(16(22)25-4)13-28-11-10-20-17(23)26-12-14-8-6-5-7-9-14/h5-9,15-16,22H,10-13H2,1-4H3,(H,20,23)(H,21,24)/t15-,16?/m0/s1. The van der Waals surface area contributed by atoms with E-state index in [0.29, 0.717) is 18.1 Å². The maximum Gasteiger partial charge on any atom is 0.408 e. The van der Waals surface area contributed by atoms with E-state index >= 15 is 0 Å². The van der Waals surface area contributed by atoms with Crippen molar-refractivity contribution in [2.75, 3.05) is 25.2 Å². The Morgan fingerprint density at radius 3 is 2.46 bits per heavy atom. The quantitative estimate of drug-likeness (QED) is 0.399. The van der Waals surface area contributed by atoms with E-state index in [1.54, 1.807) is 20.8 Å². The molecule has 0 saturated carbocycles. The van der Waals surface area contributed by atoms with Crippen LogP contribution in [-0.2, 0) is 20.8 Å². The number of ether oxygens (including phenoxy) is 3. The molecule has 1 aromatic carbocycles. The van der Waals surface area contributed by atoms with Crippen LogP contribution in [0.25, 0.3) is 0 Å². The molecule has 9 heteroatoms. The highest BCUT2D eigenvalue weighted by Gasteiger charge is 2.24. The summed E-state index contributed by atoms with van der Waals surface area (Å²) in [6.07, 6.45) is -2.29. The Labute approximate surface area is 170 Å². The molecular weight excluding hydrogens is 384 g/mol. The van der Waals surface area contributed by atoms with Crippen molar-refractivity contribution in [2.24, 2.45) is 0 Å². The third kappa shape index (κ3) is 11.0. The maximum atomic E-state index is 11.9. The van der Waals surface area contributed by atoms with Gasteiger partial charge in [-0.3, -0.25) is 0 Å². The van der Waals surface area contributed by atoms with Crippen molar-refractivity contribution in [3.05, 3.63) is 35.9 Å². The van der Waals surface area contributed by atoms with E-state index in [9.17, 15) is 14.7 Å². The number of aliphatic hydroxyl groups excluding tert-OH is 1. The van der Waals surface area contributed by atoms with Gasteiger partial charge in [0.2, 0.25) is 0 Å². The van der Waals surface area contributed by atoms with Crippen molar-refractivity contribution in [1.82, 2.24) is 10.6 Å². The van der Waals surface area contributed by atoms with Crippen LogP contribution in [0.1, 0.15) is 26.3 Å². The fourth-order valence-electron chi connectivity index (χ4n) is 2.03. The summed E-state index contributed by atoms with van der Waals surface area (Å²) in [5.74, 6) is 0.957. The molecule has 1 aromatic rings. The number of benzene rings is 1. The first kappa shape index (κ1) is 24.1. The molecule has 0 radical (unpaired) electrons. The lowest BCUT2D eigenvalue weighted by molar-refractivity contribution is -0.0922. The fraction of sp³-hybridized carbons (Fsp3) is 0.579. The van der Waals surface area contributed by atoms with Crippen molar-refractivity contribution >= 4 is 23.9 Å². The Kier molecular flexibility index (Phi) is 10.7. The Bertz CT molecular complexity index is 594. The van der Waals surface area contributed by atoms with E-state index in [2.05, 4.69) is 10.6 Å². The molecule has 0 spiro atoms. The molecule has 0 fully saturated rings. The number of amides is 2. The highest BCUT2D eigenvalue weighted by molar-refractivity contribution is 7.99. The van der Waals surface area contributed by atoms with Crippen LogP contribution in [0, 0.1) is 0 Å². The SMILES string of the molecule is COC(O)[C@H](CSCCNC(=O)OCc1ccccc1)NC(=O)OC(C)(C)C. The number of thioether (sulfide) groups is 1. The summed E-state index contributed by atoms with van der Waals surface area (Å²) >= 11 is 1.44. The molecule has 3 N–H and O–H groups in total. The highest BCUT2D eigenvalue weighted by atomic mass is 32.2. The van der Waals surface area contributed by atoms with Gasteiger partial charge in [0.25, 0.3) is 0 Å². The average Bonchev–Trinajstić information content (AvgIpc) is 2.63. The number of hydrogen-bond donors (Lipinski definition) is 3. The Hall–Kier alpha value is -1.97. The van der Waals surface area contributed by atoms with Gasteiger partial charge in [0, 0.05) is 25.2 Å². The lowest BCUT2D eigenvalue weighted by Gasteiger charge is -2.25. The van der Waals surface area contributed by atoms with Gasteiger partial charge >= 0.3 is 12.2 Å². The summed E-state index contributed by atoms with van der Waals surface area (Å²) in [6.45, 7) is 5.87. The number of hydrogen-bond acceptors (Lipinski definition) is 7. The zero-order valence-electron chi connectivity index (χ0n) is 16.8. The van der Waals surface area contributed by atoms with Crippen molar-refractivity contribution in [2.45, 2.75) is 45.3 Å². The van der Waals surface area contributed by atoms with Crippen LogP contribution < -0.4 is 10.6 Å². The van der Waals surface area contributed by atoms with Gasteiger partial charge in [-0.2, -0.15) is 11.8 Å². The smallest absolute Gasteiger partial charge is 0.408 e. The van der Waals surface area contributed by atoms with Crippen LogP contribution in [0.15, 0.2) is 30.3 Å². The lowest BCUT2D eigenvalue weighted by Crippen LogP contribution is -2.47. The number of carbonyl (C=O) groups is 2. The molecule has 0 aromatic heterocycles. The zero-order valence-corrected chi connectivity index (χ0v) is 17.6. The van der Waals surface area contributed by atoms with E-state index in [0.717, 1.165) is 5.56 Å². The molecular formula is C19H30N2O6S. The fourth-order valence-corrected chi connectivity index (χ4v) is 2.94. The van der Waals surface area contributed by atoms with Crippen molar-refractivity contribution in [3.63, 3.8) is 0 Å². The highest BCUT2D eigenvalue weighted by Crippen LogP contribution is 2.10. The Morgan fingerprint density at radius 1 is 1.18 bits per heavy atom. The summed E-state index contributed by atoms with van der Waals surface area (Å²) in [5, 5.41) is 15.1. The van der Waals surface area contributed by atoms with Crippen LogP contribution >= 0.6 is 11.8 Å². The van der Waals surface area contributed by atoms with Crippen molar-refractivity contribution in [3.8, 4) is 0 Å². The number of methoxy groups -OCH3 is 1. The van der Waals surface area contributed by atoms with Gasteiger partial charge in [-0.15, -0.1) is 0 Å². The van der Waals surface area contributed by atoms with Gasteiger partial charge in [-0.05, 0) is 26.3 Å². The molecule has 2 atom stereocenters. The minimum absolute atomic E-state index is 0.210. The van der Waals surface area contributed by atoms with Crippen LogP contribution in [0.5, 0.6) is 0 Å². The predicted molar refractivity (Wildman–Crippen MR) is 108 cm³/mol. The molecule has 1 unspecified atom stereocenters. The molecule has 0 aliphatic heterocycles. The summed E-state index contributed by atoms with van der Waals surface area (Å²) < 4.78 is 15.2. The number of carbonyl (C=O) groups excluding carboxylic acids is 2. The van der Waals surface area contributed by atoms with E-state index in [4.69, 9.17) is 14.2 Å². The predicted octanol–water partition coefficient (Wildman–Crippen LogP) is 2.50. The van der Waals surface area contributed by atoms with Gasteiger partial charge in [0.15, 0.2) is 6.29 Å². The van der Waals surface area contributed by atoms with Gasteiger partial charge in [-0.1, -0.05) is 30.3 Å². The molecule has 0 saturated heterocycles. The third-order valence-electron chi connectivity index (χ3n) is 3.31. The Morgan fingerprint density at radius 2 is 1.86 bits per heavy atom. The molecule has 158 valence electrons. The normalized spacial score (nSPS) is 13.3. The second kappa shape index (κ2) is 12.5. The molecule has 1 rings (SSSR count). The molecule has 8 nitrogen and oxygen atoms in total. The molecule has 0 bridgehead atoms. The minimum atomic E-state index is -1.16. The van der Waals surface area contributed by atoms with Crippen LogP contribution in [0.4, 0.5) is 9.59 Å². The first-order chi connectivity index (χ1) is 13.2. The van der Waals surface area contributed by atoms with Gasteiger partial charge in [-0.25, -0.2) is 9.59 Å².